The molecule has 1 aliphatic carbocycles. The van der Waals surface area contributed by atoms with E-state index in [1.807, 2.05) is 5.38 Å². The molecule has 24 heavy (non-hydrogen) atoms. The van der Waals surface area contributed by atoms with Gasteiger partial charge in [0.25, 0.3) is 6.54 Å². The molecule has 2 rings (SSSR count). The molecule has 132 valence electrons. The van der Waals surface area contributed by atoms with E-state index in [1.54, 1.807) is 14.1 Å². The minimum atomic E-state index is -0.367. The topological polar surface area (TPSA) is 131 Å². The van der Waals surface area contributed by atoms with Crippen molar-refractivity contribution in [2.45, 2.75) is 37.6 Å². The molecule has 1 aromatic heterocycles. The molecule has 4 N–H and O–H groups in total. The Kier molecular flexibility index (Phi) is 6.47. The van der Waals surface area contributed by atoms with E-state index < -0.39 is 0 Å². The van der Waals surface area contributed by atoms with Crippen LogP contribution in [0.3, 0.4) is 0 Å². The van der Waals surface area contributed by atoms with Crippen LogP contribution in [0.25, 0.3) is 0 Å². The standard InChI is InChI=1S/C14H23N7O2S/c1-16-12(7-21(22)23)18-10-5-3-4-9(6-10)11-8-24-14(19-11)20-13(15)17-2/h8-10H,3-7H2,1-2H3,(H,16,18)(H3,15,17,19,20). The van der Waals surface area contributed by atoms with Crippen LogP contribution in [0.2, 0.25) is 0 Å². The predicted octanol–water partition coefficient (Wildman–Crippen LogP) is 1.42. The maximum absolute atomic E-state index is 10.7. The quantitative estimate of drug-likeness (QED) is 0.317. The fourth-order valence-corrected chi connectivity index (χ4v) is 3.62. The summed E-state index contributed by atoms with van der Waals surface area (Å²) in [4.78, 5) is 22.7. The Labute approximate surface area is 144 Å². The summed E-state index contributed by atoms with van der Waals surface area (Å²) in [7, 11) is 3.19. The van der Waals surface area contributed by atoms with Crippen LogP contribution in [0, 0.1) is 10.1 Å². The Morgan fingerprint density at radius 3 is 2.96 bits per heavy atom. The summed E-state index contributed by atoms with van der Waals surface area (Å²) in [6, 6.07) is 0.183. The van der Waals surface area contributed by atoms with Gasteiger partial charge in [-0.3, -0.25) is 20.1 Å². The van der Waals surface area contributed by atoms with Crippen molar-refractivity contribution < 1.29 is 4.92 Å². The van der Waals surface area contributed by atoms with Crippen LogP contribution in [0.5, 0.6) is 0 Å². The van der Waals surface area contributed by atoms with E-state index in [0.717, 1.165) is 36.5 Å². The lowest BCUT2D eigenvalue weighted by Crippen LogP contribution is -2.41. The molecule has 10 heteroatoms. The van der Waals surface area contributed by atoms with Crippen molar-refractivity contribution in [3.05, 3.63) is 21.2 Å². The molecule has 0 saturated heterocycles. The summed E-state index contributed by atoms with van der Waals surface area (Å²) in [5, 5.41) is 19.6. The van der Waals surface area contributed by atoms with Gasteiger partial charge in [0.2, 0.25) is 0 Å². The molecule has 2 atom stereocenters. The molecule has 1 fully saturated rings. The second-order valence-electron chi connectivity index (χ2n) is 5.68. The predicted molar refractivity (Wildman–Crippen MR) is 96.6 cm³/mol. The number of amidine groups is 1. The average molecular weight is 353 g/mol. The molecular weight excluding hydrogens is 330 g/mol. The zero-order chi connectivity index (χ0) is 17.5. The van der Waals surface area contributed by atoms with Crippen molar-refractivity contribution in [3.8, 4) is 0 Å². The molecule has 1 aliphatic rings. The van der Waals surface area contributed by atoms with E-state index in [4.69, 9.17) is 5.73 Å². The number of nitro groups is 1. The fraction of sp³-hybridized carbons (Fsp3) is 0.643. The number of guanidine groups is 1. The zero-order valence-electron chi connectivity index (χ0n) is 13.9. The van der Waals surface area contributed by atoms with Gasteiger partial charge in [-0.25, -0.2) is 4.98 Å². The molecule has 0 aromatic carbocycles. The minimum absolute atomic E-state index is 0.183. The Morgan fingerprint density at radius 1 is 1.50 bits per heavy atom. The third kappa shape index (κ3) is 5.15. The number of rotatable bonds is 5. The van der Waals surface area contributed by atoms with Crippen LogP contribution in [-0.2, 0) is 0 Å². The van der Waals surface area contributed by atoms with Gasteiger partial charge in [0.15, 0.2) is 16.9 Å². The van der Waals surface area contributed by atoms with Gasteiger partial charge in [0, 0.05) is 36.4 Å². The molecule has 0 radical (unpaired) electrons. The van der Waals surface area contributed by atoms with E-state index in [2.05, 4.69) is 25.6 Å². The van der Waals surface area contributed by atoms with Gasteiger partial charge in [-0.1, -0.05) is 6.42 Å². The SMILES string of the molecule is CN=C(N)Nc1nc(C2CCCC(NC(C[N+](=O)[O-])=NC)C2)cs1. The lowest BCUT2D eigenvalue weighted by molar-refractivity contribution is -0.463. The Bertz CT molecular complexity index is 628. The monoisotopic (exact) mass is 353 g/mol. The number of nitrogens with two attached hydrogens (primary N) is 1. The van der Waals surface area contributed by atoms with Gasteiger partial charge in [-0.2, -0.15) is 0 Å². The number of aliphatic imine (C=N–C) groups is 2. The highest BCUT2D eigenvalue weighted by Crippen LogP contribution is 2.34. The zero-order valence-corrected chi connectivity index (χ0v) is 14.7. The van der Waals surface area contributed by atoms with Gasteiger partial charge >= 0.3 is 0 Å². The lowest BCUT2D eigenvalue weighted by Gasteiger charge is -2.29. The first kappa shape index (κ1) is 18.1. The summed E-state index contributed by atoms with van der Waals surface area (Å²) in [5.74, 6) is 1.09. The Morgan fingerprint density at radius 2 is 2.29 bits per heavy atom. The number of anilines is 1. The molecule has 1 saturated carbocycles. The van der Waals surface area contributed by atoms with Crippen molar-refractivity contribution in [3.63, 3.8) is 0 Å². The minimum Gasteiger partial charge on any atom is -0.370 e. The molecule has 0 aliphatic heterocycles. The van der Waals surface area contributed by atoms with Gasteiger partial charge in [-0.05, 0) is 19.3 Å². The number of nitrogens with zero attached hydrogens (tertiary/aromatic N) is 4. The number of hydrogen-bond donors (Lipinski definition) is 3. The van der Waals surface area contributed by atoms with Crippen molar-refractivity contribution >= 4 is 28.3 Å². The van der Waals surface area contributed by atoms with E-state index in [9.17, 15) is 10.1 Å². The van der Waals surface area contributed by atoms with Gasteiger partial charge in [0.1, 0.15) is 0 Å². The van der Waals surface area contributed by atoms with Crippen LogP contribution in [0.15, 0.2) is 15.4 Å². The van der Waals surface area contributed by atoms with E-state index >= 15 is 0 Å². The number of nitrogens with one attached hydrogen (secondary N) is 2. The van der Waals surface area contributed by atoms with Crippen LogP contribution in [-0.4, -0.2) is 48.4 Å². The molecule has 0 spiro atoms. The largest absolute Gasteiger partial charge is 0.370 e. The molecule has 2 unspecified atom stereocenters. The van der Waals surface area contributed by atoms with E-state index in [-0.39, 0.29) is 17.5 Å². The fourth-order valence-electron chi connectivity index (χ4n) is 2.82. The van der Waals surface area contributed by atoms with E-state index in [0.29, 0.717) is 17.7 Å². The summed E-state index contributed by atoms with van der Waals surface area (Å²) >= 11 is 1.50. The Hall–Kier alpha value is -2.23. The third-order valence-corrected chi connectivity index (χ3v) is 4.79. The summed E-state index contributed by atoms with van der Waals surface area (Å²) in [5.41, 5.74) is 6.68. The highest BCUT2D eigenvalue weighted by atomic mass is 32.1. The van der Waals surface area contributed by atoms with Crippen LogP contribution in [0.4, 0.5) is 5.13 Å². The summed E-state index contributed by atoms with van der Waals surface area (Å²) < 4.78 is 0. The molecular formula is C14H23N7O2S. The number of aromatic nitrogens is 1. The van der Waals surface area contributed by atoms with Crippen LogP contribution >= 0.6 is 11.3 Å². The smallest absolute Gasteiger partial charge is 0.259 e. The van der Waals surface area contributed by atoms with Gasteiger partial charge in [-0.15, -0.1) is 11.3 Å². The first-order valence-electron chi connectivity index (χ1n) is 7.80. The van der Waals surface area contributed by atoms with Crippen molar-refractivity contribution in [2.75, 3.05) is 26.0 Å². The first-order chi connectivity index (χ1) is 11.5. The van der Waals surface area contributed by atoms with Gasteiger partial charge < -0.3 is 16.4 Å². The first-order valence-corrected chi connectivity index (χ1v) is 8.68. The van der Waals surface area contributed by atoms with Crippen molar-refractivity contribution in [2.24, 2.45) is 15.7 Å². The second-order valence-corrected chi connectivity index (χ2v) is 6.54. The number of hydrogen-bond acceptors (Lipinski definition) is 6. The maximum atomic E-state index is 10.7. The molecule has 1 aromatic rings. The molecule has 1 heterocycles. The average Bonchev–Trinajstić information content (AvgIpc) is 3.02. The van der Waals surface area contributed by atoms with Crippen molar-refractivity contribution in [1.82, 2.24) is 10.3 Å². The van der Waals surface area contributed by atoms with Gasteiger partial charge in [0.05, 0.1) is 5.69 Å². The van der Waals surface area contributed by atoms with Crippen molar-refractivity contribution in [1.29, 1.82) is 0 Å². The molecule has 0 bridgehead atoms. The molecule has 9 nitrogen and oxygen atoms in total. The summed E-state index contributed by atoms with van der Waals surface area (Å²) in [6.45, 7) is -0.266. The second kappa shape index (κ2) is 8.57. The Balaban J connectivity index is 1.96. The molecule has 0 amide bonds. The highest BCUT2D eigenvalue weighted by Gasteiger charge is 2.26. The third-order valence-electron chi connectivity index (χ3n) is 4.01. The van der Waals surface area contributed by atoms with E-state index in [1.165, 1.54) is 11.3 Å². The normalized spacial score (nSPS) is 22.2. The highest BCUT2D eigenvalue weighted by molar-refractivity contribution is 7.13. The lowest BCUT2D eigenvalue weighted by atomic mass is 9.84. The summed E-state index contributed by atoms with van der Waals surface area (Å²) in [6.07, 6.45) is 3.98. The van der Waals surface area contributed by atoms with Crippen LogP contribution < -0.4 is 16.4 Å². The van der Waals surface area contributed by atoms with Crippen LogP contribution in [0.1, 0.15) is 37.3 Å². The maximum Gasteiger partial charge on any atom is 0.259 e. The number of thiazole rings is 1.